The van der Waals surface area contributed by atoms with Gasteiger partial charge in [-0.15, -0.1) is 0 Å². The Bertz CT molecular complexity index is 210. The number of anilines is 1. The lowest BCUT2D eigenvalue weighted by molar-refractivity contribution is 0.477. The third kappa shape index (κ3) is 1.34. The van der Waals surface area contributed by atoms with Crippen LogP contribution < -0.4 is 5.73 Å². The number of aromatic hydroxyl groups is 1. The Kier molecular flexibility index (Phi) is 2.03. The molecule has 2 nitrogen and oxygen atoms in total. The van der Waals surface area contributed by atoms with Gasteiger partial charge in [0.1, 0.15) is 5.75 Å². The molecule has 0 radical (unpaired) electrons. The van der Waals surface area contributed by atoms with E-state index in [9.17, 15) is 0 Å². The number of hydrogen-bond acceptors (Lipinski definition) is 2. The van der Waals surface area contributed by atoms with Gasteiger partial charge in [-0.1, -0.05) is 0 Å². The molecule has 3 N–H and O–H groups in total. The summed E-state index contributed by atoms with van der Waals surface area (Å²) >= 11 is 2.15. The highest BCUT2D eigenvalue weighted by Crippen LogP contribution is 2.24. The molecule has 0 atom stereocenters. The van der Waals surface area contributed by atoms with Crippen LogP contribution in [0, 0.1) is 10.5 Å². The molecule has 0 amide bonds. The molecule has 0 aromatic heterocycles. The van der Waals surface area contributed by atoms with Crippen molar-refractivity contribution in [3.8, 4) is 5.75 Å². The van der Waals surface area contributed by atoms with Crippen LogP contribution in [0.5, 0.6) is 5.75 Å². The van der Waals surface area contributed by atoms with E-state index in [-0.39, 0.29) is 5.75 Å². The smallest absolute Gasteiger partial charge is 0.139 e. The number of benzene rings is 1. The minimum absolute atomic E-state index is 0.162. The van der Waals surface area contributed by atoms with Crippen LogP contribution in [0.3, 0.4) is 0 Å². The lowest BCUT2D eigenvalue weighted by atomic mass is 10.2. The molecule has 0 saturated carbocycles. The quantitative estimate of drug-likeness (QED) is 0.419. The van der Waals surface area contributed by atoms with Crippen LogP contribution in [0.1, 0.15) is 5.56 Å². The first-order chi connectivity index (χ1) is 4.61. The second-order valence-electron chi connectivity index (χ2n) is 2.16. The summed E-state index contributed by atoms with van der Waals surface area (Å²) < 4.78 is 1.03. The number of nitrogen functional groups attached to an aromatic ring is 1. The summed E-state index contributed by atoms with van der Waals surface area (Å²) in [4.78, 5) is 0. The monoisotopic (exact) mass is 249 g/mol. The SMILES string of the molecule is Cc1cc(N)c(O)cc1I. The summed E-state index contributed by atoms with van der Waals surface area (Å²) in [6.45, 7) is 1.96. The number of nitrogens with two attached hydrogens (primary N) is 1. The normalized spacial score (nSPS) is 9.80. The molecule has 0 heterocycles. The largest absolute Gasteiger partial charge is 0.506 e. The molecule has 3 heteroatoms. The third-order valence-corrected chi connectivity index (χ3v) is 2.47. The third-order valence-electron chi connectivity index (χ3n) is 1.31. The van der Waals surface area contributed by atoms with E-state index in [4.69, 9.17) is 10.8 Å². The van der Waals surface area contributed by atoms with Crippen molar-refractivity contribution in [1.82, 2.24) is 0 Å². The van der Waals surface area contributed by atoms with Gasteiger partial charge >= 0.3 is 0 Å². The van der Waals surface area contributed by atoms with Crippen molar-refractivity contribution in [3.63, 3.8) is 0 Å². The van der Waals surface area contributed by atoms with Crippen LogP contribution in [-0.4, -0.2) is 5.11 Å². The van der Waals surface area contributed by atoms with Crippen molar-refractivity contribution in [1.29, 1.82) is 0 Å². The van der Waals surface area contributed by atoms with Crippen molar-refractivity contribution in [3.05, 3.63) is 21.3 Å². The van der Waals surface area contributed by atoms with Gasteiger partial charge in [-0.3, -0.25) is 0 Å². The predicted octanol–water partition coefficient (Wildman–Crippen LogP) is 1.89. The van der Waals surface area contributed by atoms with Crippen molar-refractivity contribution in [2.75, 3.05) is 5.73 Å². The lowest BCUT2D eigenvalue weighted by Crippen LogP contribution is -1.88. The summed E-state index contributed by atoms with van der Waals surface area (Å²) in [5.41, 5.74) is 6.97. The van der Waals surface area contributed by atoms with E-state index in [1.165, 1.54) is 0 Å². The fourth-order valence-electron chi connectivity index (χ4n) is 0.693. The highest BCUT2D eigenvalue weighted by atomic mass is 127. The molecule has 0 unspecified atom stereocenters. The minimum atomic E-state index is 0.162. The van der Waals surface area contributed by atoms with Gasteiger partial charge in [-0.05, 0) is 47.2 Å². The van der Waals surface area contributed by atoms with E-state index >= 15 is 0 Å². The Morgan fingerprint density at radius 1 is 1.50 bits per heavy atom. The van der Waals surface area contributed by atoms with Gasteiger partial charge in [-0.2, -0.15) is 0 Å². The maximum absolute atomic E-state index is 9.09. The van der Waals surface area contributed by atoms with Gasteiger partial charge in [0.2, 0.25) is 0 Å². The van der Waals surface area contributed by atoms with E-state index in [1.807, 2.05) is 6.92 Å². The first kappa shape index (κ1) is 7.65. The van der Waals surface area contributed by atoms with Crippen LogP contribution in [0.2, 0.25) is 0 Å². The van der Waals surface area contributed by atoms with Gasteiger partial charge in [-0.25, -0.2) is 0 Å². The van der Waals surface area contributed by atoms with Gasteiger partial charge in [0.25, 0.3) is 0 Å². The first-order valence-corrected chi connectivity index (χ1v) is 3.93. The van der Waals surface area contributed by atoms with Gasteiger partial charge in [0.05, 0.1) is 5.69 Å². The number of phenols is 1. The summed E-state index contributed by atoms with van der Waals surface area (Å²) in [6, 6.07) is 3.42. The molecular weight excluding hydrogens is 241 g/mol. The first-order valence-electron chi connectivity index (χ1n) is 2.86. The lowest BCUT2D eigenvalue weighted by Gasteiger charge is -2.01. The number of aryl methyl sites for hydroxylation is 1. The van der Waals surface area contributed by atoms with Crippen LogP contribution in [0.4, 0.5) is 5.69 Å². The fourth-order valence-corrected chi connectivity index (χ4v) is 1.14. The Balaban J connectivity index is 3.28. The van der Waals surface area contributed by atoms with Gasteiger partial charge in [0, 0.05) is 3.57 Å². The molecule has 0 saturated heterocycles. The Morgan fingerprint density at radius 3 is 2.60 bits per heavy atom. The second-order valence-corrected chi connectivity index (χ2v) is 3.32. The standard InChI is InChI=1S/C7H8INO/c1-4-2-6(9)7(10)3-5(4)8/h2-3,10H,9H2,1H3. The molecule has 10 heavy (non-hydrogen) atoms. The van der Waals surface area contributed by atoms with E-state index in [1.54, 1.807) is 12.1 Å². The average molecular weight is 249 g/mol. The van der Waals surface area contributed by atoms with Gasteiger partial charge in [0.15, 0.2) is 0 Å². The molecule has 0 aliphatic carbocycles. The second kappa shape index (κ2) is 2.65. The molecule has 1 rings (SSSR count). The number of halogens is 1. The number of phenolic OH excluding ortho intramolecular Hbond substituents is 1. The molecular formula is C7H8INO. The molecule has 0 spiro atoms. The minimum Gasteiger partial charge on any atom is -0.506 e. The predicted molar refractivity (Wildman–Crippen MR) is 50.0 cm³/mol. The zero-order chi connectivity index (χ0) is 7.72. The number of hydrogen-bond donors (Lipinski definition) is 2. The van der Waals surface area contributed by atoms with Crippen LogP contribution in [-0.2, 0) is 0 Å². The van der Waals surface area contributed by atoms with Crippen molar-refractivity contribution in [2.24, 2.45) is 0 Å². The molecule has 1 aromatic carbocycles. The van der Waals surface area contributed by atoms with Crippen LogP contribution in [0.15, 0.2) is 12.1 Å². The molecule has 1 aromatic rings. The molecule has 54 valence electrons. The topological polar surface area (TPSA) is 46.2 Å². The van der Waals surface area contributed by atoms with E-state index in [2.05, 4.69) is 22.6 Å². The van der Waals surface area contributed by atoms with Crippen molar-refractivity contribution >= 4 is 28.3 Å². The Morgan fingerprint density at radius 2 is 2.10 bits per heavy atom. The molecule has 0 fully saturated rings. The van der Waals surface area contributed by atoms with Crippen molar-refractivity contribution < 1.29 is 5.11 Å². The Hall–Kier alpha value is -0.450. The Labute approximate surface area is 73.2 Å². The van der Waals surface area contributed by atoms with E-state index in [0.717, 1.165) is 9.13 Å². The van der Waals surface area contributed by atoms with E-state index < -0.39 is 0 Å². The van der Waals surface area contributed by atoms with Crippen molar-refractivity contribution in [2.45, 2.75) is 6.92 Å². The summed E-state index contributed by atoms with van der Waals surface area (Å²) in [5, 5.41) is 9.09. The zero-order valence-corrected chi connectivity index (χ0v) is 7.71. The molecule has 0 aliphatic rings. The molecule has 0 bridgehead atoms. The average Bonchev–Trinajstić information content (AvgIpc) is 1.84. The zero-order valence-electron chi connectivity index (χ0n) is 5.56. The molecule has 0 aliphatic heterocycles. The highest BCUT2D eigenvalue weighted by Gasteiger charge is 1.99. The maximum atomic E-state index is 9.09. The summed E-state index contributed by atoms with van der Waals surface area (Å²) in [5.74, 6) is 0.162. The number of rotatable bonds is 0. The summed E-state index contributed by atoms with van der Waals surface area (Å²) in [6.07, 6.45) is 0. The highest BCUT2D eigenvalue weighted by molar-refractivity contribution is 14.1. The maximum Gasteiger partial charge on any atom is 0.139 e. The summed E-state index contributed by atoms with van der Waals surface area (Å²) in [7, 11) is 0. The van der Waals surface area contributed by atoms with Crippen LogP contribution >= 0.6 is 22.6 Å². The fraction of sp³-hybridized carbons (Fsp3) is 0.143. The van der Waals surface area contributed by atoms with E-state index in [0.29, 0.717) is 5.69 Å². The van der Waals surface area contributed by atoms with Crippen LogP contribution in [0.25, 0.3) is 0 Å². The van der Waals surface area contributed by atoms with Gasteiger partial charge < -0.3 is 10.8 Å².